The maximum absolute atomic E-state index is 12.7. The highest BCUT2D eigenvalue weighted by Crippen LogP contribution is 2.34. The number of methoxy groups -OCH3 is 1. The highest BCUT2D eigenvalue weighted by Gasteiger charge is 2.35. The number of ether oxygens (including phenoxy) is 1. The van der Waals surface area contributed by atoms with Crippen molar-refractivity contribution in [2.24, 2.45) is 5.90 Å². The molecule has 0 amide bonds. The van der Waals surface area contributed by atoms with Crippen LogP contribution in [0.25, 0.3) is 0 Å². The van der Waals surface area contributed by atoms with Crippen LogP contribution in [-0.4, -0.2) is 37.2 Å². The zero-order chi connectivity index (χ0) is 14.9. The summed E-state index contributed by atoms with van der Waals surface area (Å²) in [5.41, 5.74) is -0.763. The van der Waals surface area contributed by atoms with E-state index in [1.807, 2.05) is 0 Å². The standard InChI is InChI=1S/C11H13F3N4O2/c1-19-7-4-18(5-7)8-2-6(11(12,13)14)3-17-9(8)10(15)20-16/h2-3,7,15H,4-5,16H2,1H3. The van der Waals surface area contributed by atoms with E-state index in [-0.39, 0.29) is 17.5 Å². The first-order chi connectivity index (χ1) is 9.36. The third-order valence-corrected chi connectivity index (χ3v) is 3.05. The van der Waals surface area contributed by atoms with Gasteiger partial charge >= 0.3 is 6.18 Å². The average molecular weight is 290 g/mol. The number of rotatable bonds is 3. The van der Waals surface area contributed by atoms with E-state index in [0.29, 0.717) is 19.3 Å². The van der Waals surface area contributed by atoms with Crippen molar-refractivity contribution in [3.05, 3.63) is 23.5 Å². The molecule has 6 nitrogen and oxygen atoms in total. The molecule has 0 aliphatic carbocycles. The summed E-state index contributed by atoms with van der Waals surface area (Å²) in [5.74, 6) is 4.39. The van der Waals surface area contributed by atoms with Gasteiger partial charge in [0.1, 0.15) is 5.69 Å². The molecule has 0 saturated carbocycles. The fraction of sp³-hybridized carbons (Fsp3) is 0.455. The van der Waals surface area contributed by atoms with Gasteiger partial charge in [0.05, 0.1) is 17.4 Å². The summed E-state index contributed by atoms with van der Waals surface area (Å²) < 4.78 is 43.2. The van der Waals surface area contributed by atoms with Gasteiger partial charge in [0.25, 0.3) is 5.90 Å². The van der Waals surface area contributed by atoms with Crippen LogP contribution in [0.3, 0.4) is 0 Å². The van der Waals surface area contributed by atoms with Crippen LogP contribution in [0.5, 0.6) is 0 Å². The second-order valence-electron chi connectivity index (χ2n) is 4.30. The van der Waals surface area contributed by atoms with Crippen LogP contribution in [0, 0.1) is 5.41 Å². The molecule has 0 radical (unpaired) electrons. The molecule has 0 atom stereocenters. The molecule has 2 rings (SSSR count). The average Bonchev–Trinajstić information content (AvgIpc) is 2.35. The Kier molecular flexibility index (Phi) is 3.82. The number of nitrogens with zero attached hydrogens (tertiary/aromatic N) is 2. The van der Waals surface area contributed by atoms with Crippen molar-refractivity contribution in [3.8, 4) is 0 Å². The Morgan fingerprint density at radius 1 is 1.50 bits per heavy atom. The number of hydrogen-bond donors (Lipinski definition) is 2. The van der Waals surface area contributed by atoms with Crippen molar-refractivity contribution in [2.75, 3.05) is 25.1 Å². The van der Waals surface area contributed by atoms with Crippen molar-refractivity contribution in [2.45, 2.75) is 12.3 Å². The maximum atomic E-state index is 12.7. The van der Waals surface area contributed by atoms with E-state index in [2.05, 4.69) is 9.82 Å². The van der Waals surface area contributed by atoms with Crippen molar-refractivity contribution >= 4 is 11.6 Å². The molecule has 0 unspecified atom stereocenters. The van der Waals surface area contributed by atoms with Gasteiger partial charge in [-0.2, -0.15) is 19.1 Å². The number of nitrogens with one attached hydrogen (secondary N) is 1. The Hall–Kier alpha value is -1.87. The van der Waals surface area contributed by atoms with Crippen molar-refractivity contribution < 1.29 is 22.7 Å². The molecule has 1 aromatic heterocycles. The summed E-state index contributed by atoms with van der Waals surface area (Å²) in [6.07, 6.45) is -3.90. The van der Waals surface area contributed by atoms with Crippen LogP contribution < -0.4 is 10.8 Å². The van der Waals surface area contributed by atoms with Crippen LogP contribution in [0.4, 0.5) is 18.9 Å². The minimum atomic E-state index is -4.50. The van der Waals surface area contributed by atoms with Gasteiger partial charge in [-0.25, -0.2) is 4.98 Å². The van der Waals surface area contributed by atoms with E-state index in [4.69, 9.17) is 16.0 Å². The lowest BCUT2D eigenvalue weighted by molar-refractivity contribution is -0.137. The minimum absolute atomic E-state index is 0.0324. The first-order valence-corrected chi connectivity index (χ1v) is 5.67. The predicted molar refractivity (Wildman–Crippen MR) is 64.4 cm³/mol. The minimum Gasteiger partial charge on any atom is -0.389 e. The summed E-state index contributed by atoms with van der Waals surface area (Å²) in [5, 5.41) is 7.48. The summed E-state index contributed by atoms with van der Waals surface area (Å²) in [6.45, 7) is 0.842. The molecular weight excluding hydrogens is 277 g/mol. The topological polar surface area (TPSA) is 84.5 Å². The molecule has 0 aromatic carbocycles. The number of alkyl halides is 3. The molecule has 1 aliphatic rings. The molecule has 1 saturated heterocycles. The number of halogens is 3. The van der Waals surface area contributed by atoms with Crippen LogP contribution in [0.2, 0.25) is 0 Å². The van der Waals surface area contributed by atoms with E-state index < -0.39 is 17.6 Å². The third-order valence-electron chi connectivity index (χ3n) is 3.05. The van der Waals surface area contributed by atoms with Crippen molar-refractivity contribution in [1.29, 1.82) is 5.41 Å². The highest BCUT2D eigenvalue weighted by atomic mass is 19.4. The van der Waals surface area contributed by atoms with Gasteiger partial charge in [0, 0.05) is 26.4 Å². The Morgan fingerprint density at radius 2 is 2.15 bits per heavy atom. The quantitative estimate of drug-likeness (QED) is 0.495. The molecule has 2 heterocycles. The number of anilines is 1. The van der Waals surface area contributed by atoms with Gasteiger partial charge in [-0.15, -0.1) is 0 Å². The third kappa shape index (κ3) is 2.68. The van der Waals surface area contributed by atoms with Crippen LogP contribution in [0.1, 0.15) is 11.3 Å². The molecular formula is C11H13F3N4O2. The van der Waals surface area contributed by atoms with Gasteiger partial charge < -0.3 is 14.5 Å². The predicted octanol–water partition coefficient (Wildman–Crippen LogP) is 1.15. The lowest BCUT2D eigenvalue weighted by atomic mass is 10.1. The fourth-order valence-corrected chi connectivity index (χ4v) is 1.86. The molecule has 9 heteroatoms. The van der Waals surface area contributed by atoms with Crippen LogP contribution in [0.15, 0.2) is 12.3 Å². The SMILES string of the molecule is COC1CN(c2cc(C(F)(F)F)cnc2C(=N)ON)C1. The zero-order valence-electron chi connectivity index (χ0n) is 10.6. The van der Waals surface area contributed by atoms with Crippen LogP contribution in [-0.2, 0) is 15.8 Å². The zero-order valence-corrected chi connectivity index (χ0v) is 10.6. The molecule has 1 aromatic rings. The fourth-order valence-electron chi connectivity index (χ4n) is 1.86. The normalized spacial score (nSPS) is 15.9. The van der Waals surface area contributed by atoms with E-state index in [1.54, 1.807) is 4.90 Å². The Balaban J connectivity index is 2.36. The first-order valence-electron chi connectivity index (χ1n) is 5.67. The summed E-state index contributed by atoms with van der Waals surface area (Å²) in [6, 6.07) is 0.932. The van der Waals surface area contributed by atoms with Gasteiger partial charge in [0.15, 0.2) is 0 Å². The number of aromatic nitrogens is 1. The number of pyridine rings is 1. The van der Waals surface area contributed by atoms with Gasteiger partial charge in [-0.1, -0.05) is 0 Å². The summed E-state index contributed by atoms with van der Waals surface area (Å²) in [7, 11) is 1.53. The van der Waals surface area contributed by atoms with Crippen molar-refractivity contribution in [1.82, 2.24) is 4.98 Å². The highest BCUT2D eigenvalue weighted by molar-refractivity contribution is 5.95. The molecule has 0 bridgehead atoms. The van der Waals surface area contributed by atoms with E-state index >= 15 is 0 Å². The smallest absolute Gasteiger partial charge is 0.389 e. The summed E-state index contributed by atoms with van der Waals surface area (Å²) in [4.78, 5) is 9.52. The summed E-state index contributed by atoms with van der Waals surface area (Å²) >= 11 is 0. The lowest BCUT2D eigenvalue weighted by Gasteiger charge is -2.40. The molecule has 0 spiro atoms. The Morgan fingerprint density at radius 3 is 2.65 bits per heavy atom. The van der Waals surface area contributed by atoms with Gasteiger partial charge in [-0.3, -0.25) is 5.41 Å². The second kappa shape index (κ2) is 5.25. The van der Waals surface area contributed by atoms with Gasteiger partial charge in [-0.05, 0) is 6.07 Å². The monoisotopic (exact) mass is 290 g/mol. The Bertz CT molecular complexity index is 515. The van der Waals surface area contributed by atoms with Crippen molar-refractivity contribution in [3.63, 3.8) is 0 Å². The van der Waals surface area contributed by atoms with Gasteiger partial charge in [0.2, 0.25) is 0 Å². The molecule has 20 heavy (non-hydrogen) atoms. The first kappa shape index (κ1) is 14.5. The Labute approximate surface area is 112 Å². The lowest BCUT2D eigenvalue weighted by Crippen LogP contribution is -2.52. The molecule has 1 aliphatic heterocycles. The number of nitrogens with two attached hydrogens (primary N) is 1. The second-order valence-corrected chi connectivity index (χ2v) is 4.30. The van der Waals surface area contributed by atoms with E-state index in [1.165, 1.54) is 7.11 Å². The molecule has 3 N–H and O–H groups in total. The molecule has 1 fully saturated rings. The van der Waals surface area contributed by atoms with E-state index in [0.717, 1.165) is 6.07 Å². The van der Waals surface area contributed by atoms with E-state index in [9.17, 15) is 13.2 Å². The number of hydrogen-bond acceptors (Lipinski definition) is 6. The largest absolute Gasteiger partial charge is 0.417 e. The molecule has 110 valence electrons. The maximum Gasteiger partial charge on any atom is 0.417 e. The van der Waals surface area contributed by atoms with Crippen LogP contribution >= 0.6 is 0 Å².